The van der Waals surface area contributed by atoms with E-state index >= 15 is 0 Å². The highest BCUT2D eigenvalue weighted by Gasteiger charge is 2.22. The summed E-state index contributed by atoms with van der Waals surface area (Å²) in [5.74, 6) is 0.221. The Labute approximate surface area is 205 Å². The van der Waals surface area contributed by atoms with Crippen LogP contribution in [-0.4, -0.2) is 23.9 Å². The number of halogens is 4. The summed E-state index contributed by atoms with van der Waals surface area (Å²) in [5.41, 5.74) is 0.288. The summed E-state index contributed by atoms with van der Waals surface area (Å²) in [7, 11) is -6.72. The van der Waals surface area contributed by atoms with Gasteiger partial charge in [0.1, 0.15) is 15.7 Å². The summed E-state index contributed by atoms with van der Waals surface area (Å²) >= 11 is 23.9. The Kier molecular flexibility index (Phi) is 7.38. The smallest absolute Gasteiger partial charge is 0.263 e. The number of methoxy groups -OCH3 is 1. The lowest BCUT2D eigenvalue weighted by Crippen LogP contribution is -2.15. The highest BCUT2D eigenvalue weighted by atomic mass is 35.5. The fraction of sp³-hybridized carbons (Fsp3) is 0.0526. The molecule has 3 aromatic rings. The molecule has 0 aromatic heterocycles. The zero-order chi connectivity index (χ0) is 23.7. The van der Waals surface area contributed by atoms with Gasteiger partial charge in [-0.15, -0.1) is 0 Å². The van der Waals surface area contributed by atoms with Crippen LogP contribution in [0.5, 0.6) is 5.75 Å². The molecule has 0 aliphatic carbocycles. The second kappa shape index (κ2) is 9.54. The van der Waals surface area contributed by atoms with Gasteiger partial charge in [-0.25, -0.2) is 16.8 Å². The summed E-state index contributed by atoms with van der Waals surface area (Å²) in [5, 5.41) is 0.266. The number of anilines is 2. The van der Waals surface area contributed by atoms with Crippen LogP contribution in [0.4, 0.5) is 11.4 Å². The van der Waals surface area contributed by atoms with Gasteiger partial charge in [0.05, 0.1) is 22.7 Å². The average Bonchev–Trinajstić information content (AvgIpc) is 2.68. The lowest BCUT2D eigenvalue weighted by molar-refractivity contribution is 0.414. The molecule has 32 heavy (non-hydrogen) atoms. The van der Waals surface area contributed by atoms with Gasteiger partial charge in [0.25, 0.3) is 20.0 Å². The normalized spacial score (nSPS) is 11.8. The first-order chi connectivity index (χ1) is 14.9. The van der Waals surface area contributed by atoms with Crippen molar-refractivity contribution in [2.45, 2.75) is 9.79 Å². The Bertz CT molecular complexity index is 1360. The minimum absolute atomic E-state index is 0.0503. The quantitative estimate of drug-likeness (QED) is 0.377. The van der Waals surface area contributed by atoms with Gasteiger partial charge < -0.3 is 4.74 Å². The molecule has 0 amide bonds. The van der Waals surface area contributed by atoms with E-state index in [0.29, 0.717) is 0 Å². The van der Waals surface area contributed by atoms with Gasteiger partial charge in [-0.3, -0.25) is 9.44 Å². The molecule has 0 atom stereocenters. The van der Waals surface area contributed by atoms with Crippen molar-refractivity contribution in [3.63, 3.8) is 0 Å². The number of ether oxygens (including phenoxy) is 1. The Morgan fingerprint density at radius 2 is 1.25 bits per heavy atom. The lowest BCUT2D eigenvalue weighted by Gasteiger charge is -2.13. The maximum Gasteiger partial charge on any atom is 0.263 e. The third kappa shape index (κ3) is 5.54. The average molecular weight is 556 g/mol. The number of sulfonamides is 2. The molecular formula is C19H14Cl4N2O5S2. The van der Waals surface area contributed by atoms with Crippen molar-refractivity contribution in [3.8, 4) is 5.75 Å². The summed E-state index contributed by atoms with van der Waals surface area (Å²) in [6.07, 6.45) is 0. The molecule has 0 fully saturated rings. The van der Waals surface area contributed by atoms with Gasteiger partial charge in [-0.2, -0.15) is 0 Å². The van der Waals surface area contributed by atoms with Crippen LogP contribution in [0.2, 0.25) is 20.1 Å². The zero-order valence-corrected chi connectivity index (χ0v) is 20.7. The molecule has 3 rings (SSSR count). The van der Waals surface area contributed by atoms with E-state index in [1.54, 1.807) is 0 Å². The van der Waals surface area contributed by atoms with E-state index in [1.165, 1.54) is 61.7 Å². The molecule has 0 saturated heterocycles. The number of rotatable bonds is 7. The van der Waals surface area contributed by atoms with Gasteiger partial charge in [-0.1, -0.05) is 46.4 Å². The predicted molar refractivity (Wildman–Crippen MR) is 128 cm³/mol. The molecule has 0 radical (unpaired) electrons. The van der Waals surface area contributed by atoms with Crippen molar-refractivity contribution in [2.75, 3.05) is 16.6 Å². The first kappa shape index (κ1) is 24.8. The lowest BCUT2D eigenvalue weighted by atomic mass is 10.3. The van der Waals surface area contributed by atoms with Crippen molar-refractivity contribution in [1.82, 2.24) is 0 Å². The summed E-state index contributed by atoms with van der Waals surface area (Å²) in [6.45, 7) is 0. The van der Waals surface area contributed by atoms with Crippen LogP contribution in [0.3, 0.4) is 0 Å². The van der Waals surface area contributed by atoms with E-state index in [0.717, 1.165) is 0 Å². The molecule has 0 heterocycles. The van der Waals surface area contributed by atoms with Crippen molar-refractivity contribution < 1.29 is 21.6 Å². The first-order valence-electron chi connectivity index (χ1n) is 8.57. The van der Waals surface area contributed by atoms with E-state index in [-0.39, 0.29) is 47.0 Å². The highest BCUT2D eigenvalue weighted by molar-refractivity contribution is 7.93. The number of benzene rings is 3. The van der Waals surface area contributed by atoms with Crippen LogP contribution in [0.1, 0.15) is 0 Å². The second-order valence-electron chi connectivity index (χ2n) is 6.29. The second-order valence-corrected chi connectivity index (χ2v) is 11.2. The standard InChI is InChI=1S/C19H14Cl4N2O5S2/c1-30-16-6-7-17(19(23)18(16)22)32(28,29)24-13-2-4-15(5-3-13)31(26,27)25-14-9-11(20)8-12(21)10-14/h2-10,24-25H,1H3. The number of nitrogens with one attached hydrogen (secondary N) is 2. The minimum atomic E-state index is -4.11. The largest absolute Gasteiger partial charge is 0.495 e. The SMILES string of the molecule is COc1ccc(S(=O)(=O)Nc2ccc(S(=O)(=O)Nc3cc(Cl)cc(Cl)c3)cc2)c(Cl)c1Cl. The number of hydrogen-bond donors (Lipinski definition) is 2. The summed E-state index contributed by atoms with van der Waals surface area (Å²) in [4.78, 5) is -0.372. The van der Waals surface area contributed by atoms with E-state index in [2.05, 4.69) is 9.44 Å². The van der Waals surface area contributed by atoms with Crippen molar-refractivity contribution in [1.29, 1.82) is 0 Å². The third-order valence-electron chi connectivity index (χ3n) is 4.05. The topological polar surface area (TPSA) is 102 Å². The molecule has 13 heteroatoms. The fourth-order valence-corrected chi connectivity index (χ4v) is 6.09. The van der Waals surface area contributed by atoms with E-state index < -0.39 is 20.0 Å². The monoisotopic (exact) mass is 554 g/mol. The van der Waals surface area contributed by atoms with Crippen LogP contribution in [0.25, 0.3) is 0 Å². The maximum atomic E-state index is 12.7. The van der Waals surface area contributed by atoms with Gasteiger partial charge in [-0.05, 0) is 54.6 Å². The minimum Gasteiger partial charge on any atom is -0.495 e. The Balaban J connectivity index is 1.83. The molecule has 7 nitrogen and oxygen atoms in total. The van der Waals surface area contributed by atoms with Crippen molar-refractivity contribution >= 4 is 77.8 Å². The molecule has 2 N–H and O–H groups in total. The molecule has 0 unspecified atom stereocenters. The van der Waals surface area contributed by atoms with Gasteiger partial charge in [0.2, 0.25) is 0 Å². The van der Waals surface area contributed by atoms with Crippen LogP contribution >= 0.6 is 46.4 Å². The maximum absolute atomic E-state index is 12.7. The Morgan fingerprint density at radius 1 is 0.688 bits per heavy atom. The Morgan fingerprint density at radius 3 is 1.81 bits per heavy atom. The number of hydrogen-bond acceptors (Lipinski definition) is 5. The van der Waals surface area contributed by atoms with Crippen LogP contribution in [-0.2, 0) is 20.0 Å². The molecule has 3 aromatic carbocycles. The third-order valence-corrected chi connectivity index (χ3v) is 8.29. The highest BCUT2D eigenvalue weighted by Crippen LogP contribution is 2.37. The molecule has 0 saturated carbocycles. The van der Waals surface area contributed by atoms with Crippen LogP contribution in [0, 0.1) is 0 Å². The fourth-order valence-electron chi connectivity index (χ4n) is 2.62. The summed E-state index contributed by atoms with van der Waals surface area (Å²) in [6, 6.07) is 11.9. The Hall–Kier alpha value is -1.88. The van der Waals surface area contributed by atoms with Gasteiger partial charge >= 0.3 is 0 Å². The van der Waals surface area contributed by atoms with Gasteiger partial charge in [0.15, 0.2) is 0 Å². The predicted octanol–water partition coefficient (Wildman–Crippen LogP) is 5.91. The van der Waals surface area contributed by atoms with E-state index in [1.807, 2.05) is 0 Å². The molecular weight excluding hydrogens is 542 g/mol. The molecule has 170 valence electrons. The molecule has 0 bridgehead atoms. The van der Waals surface area contributed by atoms with Crippen molar-refractivity contribution in [3.05, 3.63) is 74.7 Å². The van der Waals surface area contributed by atoms with E-state index in [4.69, 9.17) is 51.1 Å². The first-order valence-corrected chi connectivity index (χ1v) is 13.0. The van der Waals surface area contributed by atoms with Crippen LogP contribution in [0.15, 0.2) is 64.4 Å². The van der Waals surface area contributed by atoms with E-state index in [9.17, 15) is 16.8 Å². The van der Waals surface area contributed by atoms with Crippen LogP contribution < -0.4 is 14.2 Å². The molecule has 0 aliphatic heterocycles. The zero-order valence-electron chi connectivity index (χ0n) is 16.1. The molecule has 0 aliphatic rings. The van der Waals surface area contributed by atoms with Crippen molar-refractivity contribution in [2.24, 2.45) is 0 Å². The van der Waals surface area contributed by atoms with Gasteiger partial charge in [0, 0.05) is 15.7 Å². The molecule has 0 spiro atoms. The summed E-state index contributed by atoms with van der Waals surface area (Å²) < 4.78 is 60.3.